The van der Waals surface area contributed by atoms with E-state index < -0.39 is 0 Å². The average molecular weight is 343 g/mol. The lowest BCUT2D eigenvalue weighted by atomic mass is 10.1. The van der Waals surface area contributed by atoms with Crippen molar-refractivity contribution < 1.29 is 4.79 Å². The summed E-state index contributed by atoms with van der Waals surface area (Å²) >= 11 is 0. The van der Waals surface area contributed by atoms with E-state index in [1.807, 2.05) is 66.7 Å². The number of carbonyl (C=O) groups excluding carboxylic acids is 1. The van der Waals surface area contributed by atoms with Crippen molar-refractivity contribution in [3.63, 3.8) is 0 Å². The van der Waals surface area contributed by atoms with Gasteiger partial charge in [0.25, 0.3) is 5.91 Å². The molecule has 0 fully saturated rings. The second-order valence-electron chi connectivity index (χ2n) is 6.03. The predicted octanol–water partition coefficient (Wildman–Crippen LogP) is 3.55. The number of nitrogens with zero attached hydrogens (tertiary/aromatic N) is 4. The molecule has 3 aromatic rings. The lowest BCUT2D eigenvalue weighted by molar-refractivity contribution is 0.102. The van der Waals surface area contributed by atoms with E-state index in [-0.39, 0.29) is 5.91 Å². The van der Waals surface area contributed by atoms with Crippen LogP contribution in [0.25, 0.3) is 10.9 Å². The molecule has 6 heteroatoms. The average Bonchev–Trinajstić information content (AvgIpc) is 2.68. The molecule has 0 radical (unpaired) electrons. The summed E-state index contributed by atoms with van der Waals surface area (Å²) in [4.78, 5) is 27.2. The SMILES string of the molecule is Cc1ccc(C(=O)Nc2ccc3c(N4C=CN=CC4)ncnc3c2)cc1. The molecule has 1 amide bonds. The van der Waals surface area contributed by atoms with Crippen molar-refractivity contribution >= 4 is 34.5 Å². The molecule has 0 unspecified atom stereocenters. The number of aliphatic imine (C=N–C) groups is 1. The number of nitrogens with one attached hydrogen (secondary N) is 1. The van der Waals surface area contributed by atoms with Gasteiger partial charge in [-0.05, 0) is 37.3 Å². The van der Waals surface area contributed by atoms with E-state index in [0.29, 0.717) is 17.8 Å². The minimum absolute atomic E-state index is 0.145. The number of carbonyl (C=O) groups is 1. The molecular weight excluding hydrogens is 326 g/mol. The summed E-state index contributed by atoms with van der Waals surface area (Å²) in [5, 5.41) is 3.84. The van der Waals surface area contributed by atoms with Crippen molar-refractivity contribution in [2.24, 2.45) is 4.99 Å². The maximum Gasteiger partial charge on any atom is 0.255 e. The van der Waals surface area contributed by atoms with E-state index in [1.54, 1.807) is 6.20 Å². The highest BCUT2D eigenvalue weighted by Crippen LogP contribution is 2.26. The minimum atomic E-state index is -0.145. The smallest absolute Gasteiger partial charge is 0.255 e. The molecule has 0 atom stereocenters. The number of hydrogen-bond acceptors (Lipinski definition) is 5. The fourth-order valence-corrected chi connectivity index (χ4v) is 2.79. The van der Waals surface area contributed by atoms with Crippen molar-refractivity contribution in [2.45, 2.75) is 6.92 Å². The van der Waals surface area contributed by atoms with Crippen LogP contribution in [-0.2, 0) is 0 Å². The first-order valence-corrected chi connectivity index (χ1v) is 8.28. The van der Waals surface area contributed by atoms with Crippen LogP contribution in [0.2, 0.25) is 0 Å². The predicted molar refractivity (Wildman–Crippen MR) is 104 cm³/mol. The van der Waals surface area contributed by atoms with Crippen LogP contribution in [-0.4, -0.2) is 28.6 Å². The van der Waals surface area contributed by atoms with Gasteiger partial charge in [-0.2, -0.15) is 0 Å². The Balaban J connectivity index is 1.62. The fraction of sp³-hybridized carbons (Fsp3) is 0.100. The number of rotatable bonds is 3. The largest absolute Gasteiger partial charge is 0.326 e. The molecule has 128 valence electrons. The molecule has 0 aliphatic carbocycles. The molecular formula is C20H17N5O. The molecule has 0 bridgehead atoms. The van der Waals surface area contributed by atoms with Crippen molar-refractivity contribution in [3.05, 3.63) is 72.3 Å². The van der Waals surface area contributed by atoms with Crippen molar-refractivity contribution in [1.82, 2.24) is 9.97 Å². The summed E-state index contributed by atoms with van der Waals surface area (Å²) in [6.07, 6.45) is 6.97. The lowest BCUT2D eigenvalue weighted by Crippen LogP contribution is -2.21. The highest BCUT2D eigenvalue weighted by Gasteiger charge is 2.12. The number of fused-ring (bicyclic) bond motifs is 1. The van der Waals surface area contributed by atoms with Crippen LogP contribution < -0.4 is 10.2 Å². The van der Waals surface area contributed by atoms with E-state index in [4.69, 9.17) is 0 Å². The summed E-state index contributed by atoms with van der Waals surface area (Å²) in [5.41, 5.74) is 3.21. The van der Waals surface area contributed by atoms with E-state index in [9.17, 15) is 4.79 Å². The van der Waals surface area contributed by atoms with Gasteiger partial charge >= 0.3 is 0 Å². The quantitative estimate of drug-likeness (QED) is 0.789. The Labute approximate surface area is 150 Å². The van der Waals surface area contributed by atoms with Gasteiger partial charge < -0.3 is 10.2 Å². The Morgan fingerprint density at radius 1 is 1.12 bits per heavy atom. The molecule has 0 saturated carbocycles. The third-order valence-electron chi connectivity index (χ3n) is 4.18. The molecule has 1 aromatic heterocycles. The minimum Gasteiger partial charge on any atom is -0.326 e. The van der Waals surface area contributed by atoms with E-state index >= 15 is 0 Å². The van der Waals surface area contributed by atoms with Crippen LogP contribution in [0.1, 0.15) is 15.9 Å². The monoisotopic (exact) mass is 343 g/mol. The Kier molecular flexibility index (Phi) is 4.15. The van der Waals surface area contributed by atoms with Gasteiger partial charge in [-0.25, -0.2) is 9.97 Å². The molecule has 2 heterocycles. The van der Waals surface area contributed by atoms with Crippen LogP contribution in [0.4, 0.5) is 11.5 Å². The number of benzene rings is 2. The Morgan fingerprint density at radius 2 is 1.96 bits per heavy atom. The molecule has 26 heavy (non-hydrogen) atoms. The van der Waals surface area contributed by atoms with Gasteiger partial charge in [0.05, 0.1) is 12.1 Å². The zero-order chi connectivity index (χ0) is 17.9. The number of hydrogen-bond donors (Lipinski definition) is 1. The maximum atomic E-state index is 12.4. The lowest BCUT2D eigenvalue weighted by Gasteiger charge is -2.20. The van der Waals surface area contributed by atoms with Crippen LogP contribution in [0.15, 0.2) is 66.2 Å². The highest BCUT2D eigenvalue weighted by molar-refractivity contribution is 6.05. The number of anilines is 2. The highest BCUT2D eigenvalue weighted by atomic mass is 16.1. The Morgan fingerprint density at radius 3 is 2.73 bits per heavy atom. The van der Waals surface area contributed by atoms with Gasteiger partial charge in [0.2, 0.25) is 0 Å². The zero-order valence-electron chi connectivity index (χ0n) is 14.3. The summed E-state index contributed by atoms with van der Waals surface area (Å²) in [6.45, 7) is 2.65. The third kappa shape index (κ3) is 3.17. The van der Waals surface area contributed by atoms with Crippen molar-refractivity contribution in [3.8, 4) is 0 Å². The zero-order valence-corrected chi connectivity index (χ0v) is 14.3. The summed E-state index contributed by atoms with van der Waals surface area (Å²) in [6, 6.07) is 13.1. The first-order chi connectivity index (χ1) is 12.7. The number of aryl methyl sites for hydroxylation is 1. The van der Waals surface area contributed by atoms with Crippen LogP contribution >= 0.6 is 0 Å². The molecule has 1 N–H and O–H groups in total. The van der Waals surface area contributed by atoms with Gasteiger partial charge in [0.15, 0.2) is 0 Å². The van der Waals surface area contributed by atoms with Gasteiger partial charge in [0, 0.05) is 35.3 Å². The topological polar surface area (TPSA) is 70.5 Å². The summed E-state index contributed by atoms with van der Waals surface area (Å²) in [7, 11) is 0. The maximum absolute atomic E-state index is 12.4. The second kappa shape index (κ2) is 6.76. The van der Waals surface area contributed by atoms with Crippen LogP contribution in [0.5, 0.6) is 0 Å². The molecule has 0 spiro atoms. The number of aromatic nitrogens is 2. The van der Waals surface area contributed by atoms with Crippen LogP contribution in [0, 0.1) is 6.92 Å². The number of amides is 1. The van der Waals surface area contributed by atoms with Crippen LogP contribution in [0.3, 0.4) is 0 Å². The van der Waals surface area contributed by atoms with E-state index in [2.05, 4.69) is 20.3 Å². The van der Waals surface area contributed by atoms with Gasteiger partial charge in [-0.1, -0.05) is 17.7 Å². The van der Waals surface area contributed by atoms with E-state index in [0.717, 1.165) is 22.3 Å². The third-order valence-corrected chi connectivity index (χ3v) is 4.18. The normalized spacial score (nSPS) is 13.2. The standard InChI is InChI=1S/C20H17N5O/c1-14-2-4-15(5-3-14)20(26)24-16-6-7-17-18(12-16)22-13-23-19(17)25-10-8-21-9-11-25/h2-10,12-13H,11H2,1H3,(H,24,26). The molecule has 0 saturated heterocycles. The van der Waals surface area contributed by atoms with E-state index in [1.165, 1.54) is 6.33 Å². The molecule has 6 nitrogen and oxygen atoms in total. The molecule has 2 aromatic carbocycles. The molecule has 1 aliphatic rings. The molecule has 1 aliphatic heterocycles. The fourth-order valence-electron chi connectivity index (χ4n) is 2.79. The van der Waals surface area contributed by atoms with Gasteiger partial charge in [-0.3, -0.25) is 9.79 Å². The first-order valence-electron chi connectivity index (χ1n) is 8.28. The van der Waals surface area contributed by atoms with Crippen molar-refractivity contribution in [2.75, 3.05) is 16.8 Å². The first kappa shape index (κ1) is 16.0. The van der Waals surface area contributed by atoms with Gasteiger partial charge in [-0.15, -0.1) is 0 Å². The Bertz CT molecular complexity index is 1020. The summed E-state index contributed by atoms with van der Waals surface area (Å²) in [5.74, 6) is 0.669. The summed E-state index contributed by atoms with van der Waals surface area (Å²) < 4.78 is 0. The van der Waals surface area contributed by atoms with Crippen molar-refractivity contribution in [1.29, 1.82) is 0 Å². The Hall–Kier alpha value is -3.54. The molecule has 4 rings (SSSR count). The second-order valence-corrected chi connectivity index (χ2v) is 6.03. The van der Waals surface area contributed by atoms with Gasteiger partial charge in [0.1, 0.15) is 12.1 Å².